The van der Waals surface area contributed by atoms with Crippen molar-refractivity contribution in [1.82, 2.24) is 4.90 Å². The van der Waals surface area contributed by atoms with Gasteiger partial charge in [0.1, 0.15) is 5.75 Å². The van der Waals surface area contributed by atoms with E-state index < -0.39 is 17.5 Å². The fraction of sp³-hybridized carbons (Fsp3) is 0.440. The number of ether oxygens (including phenoxy) is 1. The van der Waals surface area contributed by atoms with Crippen molar-refractivity contribution in [2.45, 2.75) is 43.6 Å². The van der Waals surface area contributed by atoms with Gasteiger partial charge in [0, 0.05) is 5.92 Å². The number of carbonyl (C=O) groups is 2. The Morgan fingerprint density at radius 3 is 2.41 bits per heavy atom. The zero-order chi connectivity index (χ0) is 23.7. The molecule has 0 saturated heterocycles. The fourth-order valence-corrected chi connectivity index (χ4v) is 4.36. The Balaban J connectivity index is 0.000000534. The van der Waals surface area contributed by atoms with E-state index in [1.165, 1.54) is 11.1 Å². The van der Waals surface area contributed by atoms with Gasteiger partial charge >= 0.3 is 11.9 Å². The van der Waals surface area contributed by atoms with Crippen LogP contribution in [0.1, 0.15) is 48.3 Å². The van der Waals surface area contributed by atoms with Crippen LogP contribution in [-0.2, 0) is 21.6 Å². The molecule has 0 radical (unpaired) electrons. The second kappa shape index (κ2) is 11.6. The standard InChI is InChI=1S/C23H31NO2.C2H2O4/c1-24(2)16-8-15-23(25)21-13-5-4-9-18(21)10-7-14-22(23)19-11-6-12-20(17-19)26-3;3-1(4)2(5)6/h4-6,9,11-13,17,22,25H,7-8,10,14-16H2,1-3H3;(H,3,4)(H,5,6)/t22-,23+;/m1./s1. The maximum absolute atomic E-state index is 12.0. The van der Waals surface area contributed by atoms with Gasteiger partial charge in [0.2, 0.25) is 0 Å². The highest BCUT2D eigenvalue weighted by Gasteiger charge is 2.41. The molecule has 0 amide bonds. The van der Waals surface area contributed by atoms with Gasteiger partial charge in [-0.1, -0.05) is 36.4 Å². The van der Waals surface area contributed by atoms with Crippen LogP contribution in [0.3, 0.4) is 0 Å². The first-order valence-corrected chi connectivity index (χ1v) is 10.7. The molecule has 2 atom stereocenters. The number of fused-ring (bicyclic) bond motifs is 1. The second-order valence-corrected chi connectivity index (χ2v) is 8.32. The topological polar surface area (TPSA) is 107 Å². The summed E-state index contributed by atoms with van der Waals surface area (Å²) in [5, 5.41) is 26.8. The van der Waals surface area contributed by atoms with Crippen molar-refractivity contribution in [3.8, 4) is 5.75 Å². The van der Waals surface area contributed by atoms with Gasteiger partial charge in [-0.15, -0.1) is 0 Å². The van der Waals surface area contributed by atoms with E-state index in [-0.39, 0.29) is 5.92 Å². The molecule has 0 spiro atoms. The maximum Gasteiger partial charge on any atom is 0.414 e. The zero-order valence-electron chi connectivity index (χ0n) is 19.0. The van der Waals surface area contributed by atoms with Crippen LogP contribution in [0.4, 0.5) is 0 Å². The van der Waals surface area contributed by atoms with E-state index in [1.54, 1.807) is 7.11 Å². The minimum atomic E-state index is -1.82. The smallest absolute Gasteiger partial charge is 0.414 e. The summed E-state index contributed by atoms with van der Waals surface area (Å²) in [7, 11) is 5.88. The molecule has 2 aromatic carbocycles. The van der Waals surface area contributed by atoms with E-state index in [0.717, 1.165) is 50.0 Å². The van der Waals surface area contributed by atoms with Gasteiger partial charge in [0.25, 0.3) is 0 Å². The number of aliphatic carboxylic acids is 2. The lowest BCUT2D eigenvalue weighted by Crippen LogP contribution is -2.34. The molecule has 32 heavy (non-hydrogen) atoms. The Morgan fingerprint density at radius 2 is 1.78 bits per heavy atom. The van der Waals surface area contributed by atoms with Gasteiger partial charge in [0.05, 0.1) is 12.7 Å². The lowest BCUT2D eigenvalue weighted by molar-refractivity contribution is -0.159. The molecule has 0 unspecified atom stereocenters. The van der Waals surface area contributed by atoms with Crippen LogP contribution in [0.25, 0.3) is 0 Å². The molecule has 7 heteroatoms. The van der Waals surface area contributed by atoms with Crippen molar-refractivity contribution in [2.75, 3.05) is 27.7 Å². The quantitative estimate of drug-likeness (QED) is 0.463. The van der Waals surface area contributed by atoms with Crippen molar-refractivity contribution in [3.05, 3.63) is 65.2 Å². The average molecular weight is 444 g/mol. The van der Waals surface area contributed by atoms with E-state index in [2.05, 4.69) is 55.4 Å². The first-order chi connectivity index (χ1) is 15.2. The molecule has 3 N–H and O–H groups in total. The van der Waals surface area contributed by atoms with Crippen molar-refractivity contribution >= 4 is 11.9 Å². The van der Waals surface area contributed by atoms with Gasteiger partial charge < -0.3 is 25.0 Å². The third kappa shape index (κ3) is 6.55. The molecule has 174 valence electrons. The number of hydrogen-bond acceptors (Lipinski definition) is 5. The number of benzene rings is 2. The van der Waals surface area contributed by atoms with Crippen LogP contribution >= 0.6 is 0 Å². The molecule has 0 saturated carbocycles. The first-order valence-electron chi connectivity index (χ1n) is 10.7. The van der Waals surface area contributed by atoms with Gasteiger partial charge in [-0.25, -0.2) is 9.59 Å². The molecule has 3 rings (SSSR count). The Kier molecular flexibility index (Phi) is 9.23. The molecule has 0 heterocycles. The van der Waals surface area contributed by atoms with Crippen molar-refractivity contribution in [3.63, 3.8) is 0 Å². The van der Waals surface area contributed by atoms with Gasteiger partial charge in [-0.2, -0.15) is 0 Å². The normalized spacial score (nSPS) is 19.8. The van der Waals surface area contributed by atoms with Gasteiger partial charge in [-0.3, -0.25) is 0 Å². The zero-order valence-corrected chi connectivity index (χ0v) is 19.0. The molecule has 2 aromatic rings. The highest BCUT2D eigenvalue weighted by Crippen LogP contribution is 2.47. The second-order valence-electron chi connectivity index (χ2n) is 8.32. The van der Waals surface area contributed by atoms with Crippen LogP contribution in [0.2, 0.25) is 0 Å². The molecule has 1 aliphatic carbocycles. The van der Waals surface area contributed by atoms with E-state index in [9.17, 15) is 5.11 Å². The summed E-state index contributed by atoms with van der Waals surface area (Å²) in [6, 6.07) is 16.7. The number of carboxylic acids is 2. The maximum atomic E-state index is 12.0. The molecule has 0 fully saturated rings. The monoisotopic (exact) mass is 443 g/mol. The third-order valence-electron chi connectivity index (χ3n) is 5.84. The number of aryl methyl sites for hydroxylation is 1. The molecule has 0 aromatic heterocycles. The van der Waals surface area contributed by atoms with Crippen LogP contribution < -0.4 is 4.74 Å². The Labute approximate surface area is 189 Å². The van der Waals surface area contributed by atoms with Crippen molar-refractivity contribution in [2.24, 2.45) is 0 Å². The summed E-state index contributed by atoms with van der Waals surface area (Å²) >= 11 is 0. The molecule has 7 nitrogen and oxygen atoms in total. The fourth-order valence-electron chi connectivity index (χ4n) is 4.36. The SMILES string of the molecule is COc1cccc([C@H]2CCCc3ccccc3[C@@]2(O)CCCN(C)C)c1.O=C(O)C(=O)O. The number of hydrogen-bond donors (Lipinski definition) is 3. The summed E-state index contributed by atoms with van der Waals surface area (Å²) in [5.41, 5.74) is 2.75. The Morgan fingerprint density at radius 1 is 1.09 bits per heavy atom. The van der Waals surface area contributed by atoms with E-state index in [4.69, 9.17) is 24.5 Å². The summed E-state index contributed by atoms with van der Waals surface area (Å²) in [5.74, 6) is -2.70. The molecular formula is C25H33NO6. The van der Waals surface area contributed by atoms with Crippen LogP contribution in [0.5, 0.6) is 5.75 Å². The molecule has 1 aliphatic rings. The van der Waals surface area contributed by atoms with Crippen LogP contribution in [-0.4, -0.2) is 59.9 Å². The predicted molar refractivity (Wildman–Crippen MR) is 122 cm³/mol. The average Bonchev–Trinajstić information content (AvgIpc) is 2.91. The van der Waals surface area contributed by atoms with Crippen molar-refractivity contribution in [1.29, 1.82) is 0 Å². The lowest BCUT2D eigenvalue weighted by Gasteiger charge is -2.37. The minimum Gasteiger partial charge on any atom is -0.497 e. The van der Waals surface area contributed by atoms with Gasteiger partial charge in [-0.05, 0) is 81.6 Å². The first kappa shape index (κ1) is 25.4. The molecule has 0 aliphatic heterocycles. The minimum absolute atomic E-state index is 0.0865. The number of aliphatic hydroxyl groups is 1. The van der Waals surface area contributed by atoms with E-state index in [1.807, 2.05) is 12.1 Å². The summed E-state index contributed by atoms with van der Waals surface area (Å²) in [4.78, 5) is 20.4. The third-order valence-corrected chi connectivity index (χ3v) is 5.84. The summed E-state index contributed by atoms with van der Waals surface area (Å²) < 4.78 is 5.44. The number of carboxylic acid groups (broad SMARTS) is 2. The number of nitrogens with zero attached hydrogens (tertiary/aromatic N) is 1. The Bertz CT molecular complexity index is 901. The van der Waals surface area contributed by atoms with Crippen LogP contribution in [0, 0.1) is 0 Å². The van der Waals surface area contributed by atoms with E-state index >= 15 is 0 Å². The van der Waals surface area contributed by atoms with Crippen molar-refractivity contribution < 1.29 is 29.6 Å². The van der Waals surface area contributed by atoms with Crippen LogP contribution in [0.15, 0.2) is 48.5 Å². The largest absolute Gasteiger partial charge is 0.497 e. The number of methoxy groups -OCH3 is 1. The molecule has 0 bridgehead atoms. The summed E-state index contributed by atoms with van der Waals surface area (Å²) in [6.45, 7) is 0.981. The Hall–Kier alpha value is -2.90. The van der Waals surface area contributed by atoms with Gasteiger partial charge in [0.15, 0.2) is 0 Å². The highest BCUT2D eigenvalue weighted by molar-refractivity contribution is 6.27. The van der Waals surface area contributed by atoms with E-state index in [0.29, 0.717) is 0 Å². The molecular weight excluding hydrogens is 410 g/mol. The lowest BCUT2D eigenvalue weighted by atomic mass is 9.73. The number of rotatable bonds is 6. The highest BCUT2D eigenvalue weighted by atomic mass is 16.5. The summed E-state index contributed by atoms with van der Waals surface area (Å²) in [6.07, 6.45) is 4.85. The predicted octanol–water partition coefficient (Wildman–Crippen LogP) is 3.50.